The predicted molar refractivity (Wildman–Crippen MR) is 102 cm³/mol. The van der Waals surface area contributed by atoms with Crippen LogP contribution in [0.1, 0.15) is 11.1 Å². The van der Waals surface area contributed by atoms with E-state index in [-0.39, 0.29) is 17.0 Å². The Balaban J connectivity index is 0.00000176. The Morgan fingerprint density at radius 1 is 0.864 bits per heavy atom. The molecule has 2 aromatic carbocycles. The Labute approximate surface area is 141 Å². The van der Waals surface area contributed by atoms with Gasteiger partial charge < -0.3 is 4.90 Å². The van der Waals surface area contributed by atoms with Crippen molar-refractivity contribution in [2.75, 3.05) is 19.0 Å². The van der Waals surface area contributed by atoms with Gasteiger partial charge >= 0.3 is 0 Å². The lowest BCUT2D eigenvalue weighted by atomic mass is 10.1. The van der Waals surface area contributed by atoms with Crippen LogP contribution in [0, 0.1) is 0 Å². The fourth-order valence-electron chi connectivity index (χ4n) is 2.33. The SMILES string of the molecule is Br.CN(C)c1ccc(C=Cc2ccnc3ccccc23)cc1. The van der Waals surface area contributed by atoms with Crippen LogP contribution < -0.4 is 4.90 Å². The molecular weight excluding hydrogens is 336 g/mol. The van der Waals surface area contributed by atoms with Crippen LogP contribution in [0.3, 0.4) is 0 Å². The third-order valence-corrected chi connectivity index (χ3v) is 3.55. The number of para-hydroxylation sites is 1. The molecule has 0 saturated carbocycles. The van der Waals surface area contributed by atoms with E-state index in [1.807, 2.05) is 44.6 Å². The minimum Gasteiger partial charge on any atom is -0.378 e. The molecule has 0 fully saturated rings. The zero-order valence-corrected chi connectivity index (χ0v) is 14.4. The van der Waals surface area contributed by atoms with E-state index >= 15 is 0 Å². The van der Waals surface area contributed by atoms with E-state index in [0.29, 0.717) is 0 Å². The van der Waals surface area contributed by atoms with E-state index in [4.69, 9.17) is 0 Å². The maximum Gasteiger partial charge on any atom is 0.0707 e. The van der Waals surface area contributed by atoms with Crippen molar-refractivity contribution in [1.82, 2.24) is 4.98 Å². The van der Waals surface area contributed by atoms with Crippen LogP contribution in [0.15, 0.2) is 60.8 Å². The van der Waals surface area contributed by atoms with Crippen molar-refractivity contribution in [3.8, 4) is 0 Å². The van der Waals surface area contributed by atoms with Gasteiger partial charge in [0.1, 0.15) is 0 Å². The second-order valence-corrected chi connectivity index (χ2v) is 5.24. The van der Waals surface area contributed by atoms with Crippen LogP contribution in [0.5, 0.6) is 0 Å². The molecule has 0 N–H and O–H groups in total. The molecule has 0 unspecified atom stereocenters. The van der Waals surface area contributed by atoms with E-state index in [0.717, 1.165) is 5.52 Å². The summed E-state index contributed by atoms with van der Waals surface area (Å²) in [4.78, 5) is 6.49. The third-order valence-electron chi connectivity index (χ3n) is 3.55. The zero-order chi connectivity index (χ0) is 14.7. The van der Waals surface area contributed by atoms with Gasteiger partial charge in [-0.25, -0.2) is 0 Å². The highest BCUT2D eigenvalue weighted by Crippen LogP contribution is 2.19. The molecule has 3 rings (SSSR count). The monoisotopic (exact) mass is 354 g/mol. The summed E-state index contributed by atoms with van der Waals surface area (Å²) in [7, 11) is 4.10. The number of benzene rings is 2. The second kappa shape index (κ2) is 7.23. The third kappa shape index (κ3) is 3.55. The molecule has 112 valence electrons. The van der Waals surface area contributed by atoms with Crippen LogP contribution in [0.25, 0.3) is 23.1 Å². The van der Waals surface area contributed by atoms with Gasteiger partial charge in [0.15, 0.2) is 0 Å². The second-order valence-electron chi connectivity index (χ2n) is 5.24. The molecule has 0 radical (unpaired) electrons. The summed E-state index contributed by atoms with van der Waals surface area (Å²) in [5.74, 6) is 0. The maximum absolute atomic E-state index is 4.39. The number of nitrogens with zero attached hydrogens (tertiary/aromatic N) is 2. The Hall–Kier alpha value is -2.13. The molecule has 0 aliphatic carbocycles. The van der Waals surface area contributed by atoms with Crippen molar-refractivity contribution in [3.05, 3.63) is 71.9 Å². The van der Waals surface area contributed by atoms with Gasteiger partial charge in [0, 0.05) is 31.4 Å². The van der Waals surface area contributed by atoms with Crippen molar-refractivity contribution < 1.29 is 0 Å². The van der Waals surface area contributed by atoms with Crippen molar-refractivity contribution in [2.24, 2.45) is 0 Å². The highest BCUT2D eigenvalue weighted by molar-refractivity contribution is 8.93. The van der Waals surface area contributed by atoms with Gasteiger partial charge in [-0.15, -0.1) is 17.0 Å². The molecule has 0 bridgehead atoms. The fourth-order valence-corrected chi connectivity index (χ4v) is 2.33. The summed E-state index contributed by atoms with van der Waals surface area (Å²) in [5, 5.41) is 1.18. The van der Waals surface area contributed by atoms with Crippen molar-refractivity contribution in [1.29, 1.82) is 0 Å². The van der Waals surface area contributed by atoms with Crippen molar-refractivity contribution in [2.45, 2.75) is 0 Å². The normalized spacial score (nSPS) is 10.6. The minimum atomic E-state index is 0. The predicted octanol–water partition coefficient (Wildman–Crippen LogP) is 5.05. The summed E-state index contributed by atoms with van der Waals surface area (Å²) < 4.78 is 0. The summed E-state index contributed by atoms with van der Waals surface area (Å²) in [6.45, 7) is 0. The van der Waals surface area contributed by atoms with Crippen molar-refractivity contribution >= 4 is 45.7 Å². The Morgan fingerprint density at radius 3 is 2.32 bits per heavy atom. The average molecular weight is 355 g/mol. The first-order valence-electron chi connectivity index (χ1n) is 7.03. The molecule has 0 amide bonds. The number of halogens is 1. The molecule has 22 heavy (non-hydrogen) atoms. The molecule has 1 heterocycles. The van der Waals surface area contributed by atoms with Crippen LogP contribution in [-0.2, 0) is 0 Å². The molecule has 0 atom stereocenters. The van der Waals surface area contributed by atoms with E-state index in [2.05, 4.69) is 52.4 Å². The lowest BCUT2D eigenvalue weighted by molar-refractivity contribution is 1.13. The lowest BCUT2D eigenvalue weighted by Crippen LogP contribution is -2.07. The highest BCUT2D eigenvalue weighted by atomic mass is 79.9. The highest BCUT2D eigenvalue weighted by Gasteiger charge is 1.98. The first-order valence-corrected chi connectivity index (χ1v) is 7.03. The summed E-state index contributed by atoms with van der Waals surface area (Å²) in [6.07, 6.45) is 6.15. The quantitative estimate of drug-likeness (QED) is 0.654. The van der Waals surface area contributed by atoms with E-state index in [1.165, 1.54) is 22.2 Å². The largest absolute Gasteiger partial charge is 0.378 e. The molecule has 2 nitrogen and oxygen atoms in total. The van der Waals surface area contributed by atoms with Gasteiger partial charge in [0.05, 0.1) is 5.52 Å². The summed E-state index contributed by atoms with van der Waals surface area (Å²) in [5.41, 5.74) is 4.63. The van der Waals surface area contributed by atoms with Crippen LogP contribution in [0.2, 0.25) is 0 Å². The number of anilines is 1. The molecular formula is C19H19BrN2. The average Bonchev–Trinajstić information content (AvgIpc) is 2.53. The fraction of sp³-hybridized carbons (Fsp3) is 0.105. The minimum absolute atomic E-state index is 0. The Morgan fingerprint density at radius 2 is 1.59 bits per heavy atom. The summed E-state index contributed by atoms with van der Waals surface area (Å²) >= 11 is 0. The molecule has 0 aliphatic rings. The maximum atomic E-state index is 4.39. The Bertz CT molecular complexity index is 772. The van der Waals surface area contributed by atoms with E-state index < -0.39 is 0 Å². The van der Waals surface area contributed by atoms with Gasteiger partial charge in [0.25, 0.3) is 0 Å². The number of hydrogen-bond acceptors (Lipinski definition) is 2. The smallest absolute Gasteiger partial charge is 0.0707 e. The van der Waals surface area contributed by atoms with E-state index in [1.54, 1.807) is 0 Å². The number of pyridine rings is 1. The van der Waals surface area contributed by atoms with Crippen LogP contribution >= 0.6 is 17.0 Å². The molecule has 3 heteroatoms. The molecule has 0 saturated heterocycles. The molecule has 1 aromatic heterocycles. The number of hydrogen-bond donors (Lipinski definition) is 0. The zero-order valence-electron chi connectivity index (χ0n) is 12.7. The van der Waals surface area contributed by atoms with Gasteiger partial charge in [-0.2, -0.15) is 0 Å². The topological polar surface area (TPSA) is 16.1 Å². The molecule has 3 aromatic rings. The van der Waals surface area contributed by atoms with Gasteiger partial charge in [-0.3, -0.25) is 4.98 Å². The van der Waals surface area contributed by atoms with Gasteiger partial charge in [0.2, 0.25) is 0 Å². The lowest BCUT2D eigenvalue weighted by Gasteiger charge is -2.11. The summed E-state index contributed by atoms with van der Waals surface area (Å²) in [6, 6.07) is 18.8. The van der Waals surface area contributed by atoms with Crippen LogP contribution in [0.4, 0.5) is 5.69 Å². The van der Waals surface area contributed by atoms with E-state index in [9.17, 15) is 0 Å². The first kappa shape index (κ1) is 16.2. The first-order chi connectivity index (χ1) is 10.2. The van der Waals surface area contributed by atoms with Gasteiger partial charge in [-0.1, -0.05) is 42.5 Å². The van der Waals surface area contributed by atoms with Crippen LogP contribution in [-0.4, -0.2) is 19.1 Å². The standard InChI is InChI=1S/C19H18N2.BrH/c1-21(2)17-11-8-15(9-12-17)7-10-16-13-14-20-19-6-4-3-5-18(16)19;/h3-14H,1-2H3;1H. The van der Waals surface area contributed by atoms with Gasteiger partial charge in [-0.05, 0) is 35.4 Å². The Kier molecular flexibility index (Phi) is 5.34. The number of rotatable bonds is 3. The van der Waals surface area contributed by atoms with Crippen molar-refractivity contribution in [3.63, 3.8) is 0 Å². The molecule has 0 spiro atoms. The number of aromatic nitrogens is 1. The number of fused-ring (bicyclic) bond motifs is 1. The molecule has 0 aliphatic heterocycles.